The fourth-order valence-corrected chi connectivity index (χ4v) is 2.32. The maximum Gasteiger partial charge on any atom is 0.417 e. The first-order chi connectivity index (χ1) is 9.47. The van der Waals surface area contributed by atoms with Crippen molar-refractivity contribution in [2.45, 2.75) is 19.3 Å². The molecule has 0 aliphatic carbocycles. The SMILES string of the molecule is FC(F)(F)c1cc(CNCc2ccccc2)ccc1Br. The van der Waals surface area contributed by atoms with E-state index in [1.54, 1.807) is 6.07 Å². The van der Waals surface area contributed by atoms with Gasteiger partial charge in [0.25, 0.3) is 0 Å². The van der Waals surface area contributed by atoms with Crippen molar-refractivity contribution in [3.63, 3.8) is 0 Å². The smallest absolute Gasteiger partial charge is 0.309 e. The Labute approximate surface area is 123 Å². The fraction of sp³-hybridized carbons (Fsp3) is 0.200. The zero-order valence-electron chi connectivity index (χ0n) is 10.5. The van der Waals surface area contributed by atoms with Crippen LogP contribution in [0.4, 0.5) is 13.2 Å². The molecule has 0 aliphatic rings. The van der Waals surface area contributed by atoms with Crippen LogP contribution >= 0.6 is 15.9 Å². The lowest BCUT2D eigenvalue weighted by atomic mass is 10.1. The van der Waals surface area contributed by atoms with Gasteiger partial charge in [-0.15, -0.1) is 0 Å². The lowest BCUT2D eigenvalue weighted by Gasteiger charge is -2.11. The summed E-state index contributed by atoms with van der Waals surface area (Å²) in [5.41, 5.74) is 1.06. The lowest BCUT2D eigenvalue weighted by molar-refractivity contribution is -0.138. The molecule has 0 unspecified atom stereocenters. The van der Waals surface area contributed by atoms with Crippen LogP contribution in [-0.2, 0) is 19.3 Å². The van der Waals surface area contributed by atoms with Gasteiger partial charge in [-0.2, -0.15) is 13.2 Å². The van der Waals surface area contributed by atoms with Crippen LogP contribution in [-0.4, -0.2) is 0 Å². The second-order valence-electron chi connectivity index (χ2n) is 4.40. The van der Waals surface area contributed by atoms with E-state index in [0.29, 0.717) is 18.7 Å². The molecule has 2 aromatic rings. The summed E-state index contributed by atoms with van der Waals surface area (Å²) in [6, 6.07) is 14.0. The van der Waals surface area contributed by atoms with E-state index < -0.39 is 11.7 Å². The Kier molecular flexibility index (Phi) is 4.83. The quantitative estimate of drug-likeness (QED) is 0.843. The minimum Gasteiger partial charge on any atom is -0.309 e. The van der Waals surface area contributed by atoms with Gasteiger partial charge < -0.3 is 5.32 Å². The minimum absolute atomic E-state index is 0.0665. The summed E-state index contributed by atoms with van der Waals surface area (Å²) in [4.78, 5) is 0. The highest BCUT2D eigenvalue weighted by Gasteiger charge is 2.32. The Hall–Kier alpha value is -1.33. The standard InChI is InChI=1S/C15H13BrF3N/c16-14-7-6-12(8-13(14)15(17,18)19)10-20-9-11-4-2-1-3-5-11/h1-8,20H,9-10H2. The van der Waals surface area contributed by atoms with E-state index in [9.17, 15) is 13.2 Å². The second kappa shape index (κ2) is 6.41. The van der Waals surface area contributed by atoms with Gasteiger partial charge in [-0.25, -0.2) is 0 Å². The zero-order chi connectivity index (χ0) is 14.6. The van der Waals surface area contributed by atoms with Gasteiger partial charge in [0.1, 0.15) is 0 Å². The molecule has 0 saturated heterocycles. The van der Waals surface area contributed by atoms with Crippen LogP contribution in [0.3, 0.4) is 0 Å². The average molecular weight is 344 g/mol. The molecular weight excluding hydrogens is 331 g/mol. The Morgan fingerprint density at radius 3 is 2.20 bits per heavy atom. The molecule has 0 aliphatic heterocycles. The van der Waals surface area contributed by atoms with Gasteiger partial charge in [0.2, 0.25) is 0 Å². The molecule has 0 amide bonds. The third-order valence-corrected chi connectivity index (χ3v) is 3.53. The van der Waals surface area contributed by atoms with Crippen molar-refractivity contribution in [2.75, 3.05) is 0 Å². The third kappa shape index (κ3) is 4.08. The van der Waals surface area contributed by atoms with Gasteiger partial charge in [0.05, 0.1) is 5.56 Å². The predicted molar refractivity (Wildman–Crippen MR) is 76.1 cm³/mol. The summed E-state index contributed by atoms with van der Waals surface area (Å²) in [7, 11) is 0. The first-order valence-corrected chi connectivity index (χ1v) is 6.86. The summed E-state index contributed by atoms with van der Waals surface area (Å²) in [6.45, 7) is 1.02. The highest BCUT2D eigenvalue weighted by Crippen LogP contribution is 2.35. The molecule has 20 heavy (non-hydrogen) atoms. The van der Waals surface area contributed by atoms with Crippen LogP contribution < -0.4 is 5.32 Å². The van der Waals surface area contributed by atoms with E-state index in [0.717, 1.165) is 5.56 Å². The summed E-state index contributed by atoms with van der Waals surface area (Å²) < 4.78 is 38.4. The molecule has 0 spiro atoms. The van der Waals surface area contributed by atoms with E-state index >= 15 is 0 Å². The van der Waals surface area contributed by atoms with E-state index in [1.165, 1.54) is 12.1 Å². The van der Waals surface area contributed by atoms with E-state index in [-0.39, 0.29) is 4.47 Å². The first kappa shape index (κ1) is 15.1. The van der Waals surface area contributed by atoms with Gasteiger partial charge >= 0.3 is 6.18 Å². The van der Waals surface area contributed by atoms with Crippen LogP contribution in [0.25, 0.3) is 0 Å². The predicted octanol–water partition coefficient (Wildman–Crippen LogP) is 4.76. The van der Waals surface area contributed by atoms with E-state index in [1.807, 2.05) is 30.3 Å². The molecule has 106 valence electrons. The van der Waals surface area contributed by atoms with Crippen LogP contribution in [0.15, 0.2) is 53.0 Å². The molecule has 0 heterocycles. The van der Waals surface area contributed by atoms with Crippen molar-refractivity contribution >= 4 is 15.9 Å². The first-order valence-electron chi connectivity index (χ1n) is 6.07. The molecule has 1 nitrogen and oxygen atoms in total. The van der Waals surface area contributed by atoms with E-state index in [4.69, 9.17) is 0 Å². The molecule has 0 atom stereocenters. The number of nitrogens with one attached hydrogen (secondary N) is 1. The zero-order valence-corrected chi connectivity index (χ0v) is 12.1. The molecular formula is C15H13BrF3N. The molecule has 1 N–H and O–H groups in total. The van der Waals surface area contributed by atoms with Gasteiger partial charge in [0.15, 0.2) is 0 Å². The number of alkyl halides is 3. The highest BCUT2D eigenvalue weighted by atomic mass is 79.9. The number of halogens is 4. The molecule has 0 fully saturated rings. The minimum atomic E-state index is -4.34. The molecule has 5 heteroatoms. The van der Waals surface area contributed by atoms with Crippen molar-refractivity contribution in [3.8, 4) is 0 Å². The van der Waals surface area contributed by atoms with Crippen LogP contribution in [0, 0.1) is 0 Å². The third-order valence-electron chi connectivity index (χ3n) is 2.84. The average Bonchev–Trinajstić information content (AvgIpc) is 2.40. The fourth-order valence-electron chi connectivity index (χ4n) is 1.85. The van der Waals surface area contributed by atoms with Crippen molar-refractivity contribution in [1.29, 1.82) is 0 Å². The summed E-state index contributed by atoms with van der Waals surface area (Å²) in [5, 5.41) is 3.13. The Morgan fingerprint density at radius 2 is 1.55 bits per heavy atom. The number of rotatable bonds is 4. The second-order valence-corrected chi connectivity index (χ2v) is 5.26. The Morgan fingerprint density at radius 1 is 0.900 bits per heavy atom. The van der Waals surface area contributed by atoms with Gasteiger partial charge in [0, 0.05) is 17.6 Å². The molecule has 0 aromatic heterocycles. The van der Waals surface area contributed by atoms with Crippen molar-refractivity contribution in [2.24, 2.45) is 0 Å². The summed E-state index contributed by atoms with van der Waals surface area (Å²) in [6.07, 6.45) is -4.34. The van der Waals surface area contributed by atoms with Crippen molar-refractivity contribution in [3.05, 3.63) is 69.7 Å². The molecule has 0 bridgehead atoms. The molecule has 2 aromatic carbocycles. The van der Waals surface area contributed by atoms with Gasteiger partial charge in [-0.3, -0.25) is 0 Å². The normalized spacial score (nSPS) is 11.6. The van der Waals surface area contributed by atoms with Crippen LogP contribution in [0.1, 0.15) is 16.7 Å². The topological polar surface area (TPSA) is 12.0 Å². The van der Waals surface area contributed by atoms with Crippen LogP contribution in [0.2, 0.25) is 0 Å². The summed E-state index contributed by atoms with van der Waals surface area (Å²) >= 11 is 2.93. The maximum atomic E-state index is 12.8. The number of hydrogen-bond acceptors (Lipinski definition) is 1. The van der Waals surface area contributed by atoms with Crippen molar-refractivity contribution in [1.82, 2.24) is 5.32 Å². The van der Waals surface area contributed by atoms with Crippen molar-refractivity contribution < 1.29 is 13.2 Å². The lowest BCUT2D eigenvalue weighted by Crippen LogP contribution is -2.14. The van der Waals surface area contributed by atoms with Gasteiger partial charge in [-0.1, -0.05) is 52.3 Å². The Balaban J connectivity index is 2.00. The van der Waals surface area contributed by atoms with Gasteiger partial charge in [-0.05, 0) is 23.3 Å². The monoisotopic (exact) mass is 343 g/mol. The molecule has 2 rings (SSSR count). The molecule has 0 saturated carbocycles. The highest BCUT2D eigenvalue weighted by molar-refractivity contribution is 9.10. The van der Waals surface area contributed by atoms with Crippen LogP contribution in [0.5, 0.6) is 0 Å². The molecule has 0 radical (unpaired) electrons. The maximum absolute atomic E-state index is 12.8. The summed E-state index contributed by atoms with van der Waals surface area (Å²) in [5.74, 6) is 0. The van der Waals surface area contributed by atoms with E-state index in [2.05, 4.69) is 21.2 Å². The Bertz CT molecular complexity index is 567. The number of benzene rings is 2. The largest absolute Gasteiger partial charge is 0.417 e. The number of hydrogen-bond donors (Lipinski definition) is 1.